The van der Waals surface area contributed by atoms with Crippen LogP contribution in [0.3, 0.4) is 0 Å². The molecular weight excluding hydrogens is 208 g/mol. The first-order valence-corrected chi connectivity index (χ1v) is 6.39. The van der Waals surface area contributed by atoms with E-state index in [1.165, 1.54) is 11.3 Å². The van der Waals surface area contributed by atoms with Gasteiger partial charge in [-0.3, -0.25) is 0 Å². The molecule has 0 fully saturated rings. The van der Waals surface area contributed by atoms with Crippen molar-refractivity contribution in [3.8, 4) is 0 Å². The van der Waals surface area contributed by atoms with E-state index in [1.54, 1.807) is 13.1 Å². The zero-order valence-electron chi connectivity index (χ0n) is 7.57. The van der Waals surface area contributed by atoms with Crippen molar-refractivity contribution in [2.24, 2.45) is 0 Å². The van der Waals surface area contributed by atoms with E-state index >= 15 is 0 Å². The second-order valence-corrected chi connectivity index (χ2v) is 5.98. The molecule has 74 valence electrons. The Bertz CT molecular complexity index is 370. The summed E-state index contributed by atoms with van der Waals surface area (Å²) in [5, 5.41) is 0.950. The van der Waals surface area contributed by atoms with E-state index in [2.05, 4.69) is 9.71 Å². The maximum atomic E-state index is 11.1. The zero-order valence-corrected chi connectivity index (χ0v) is 9.20. The van der Waals surface area contributed by atoms with Crippen molar-refractivity contribution in [2.45, 2.75) is 20.4 Å². The highest BCUT2D eigenvalue weighted by Gasteiger charge is 2.06. The summed E-state index contributed by atoms with van der Waals surface area (Å²) in [5.41, 5.74) is 0. The summed E-state index contributed by atoms with van der Waals surface area (Å²) in [5.74, 6) is 0.116. The van der Waals surface area contributed by atoms with Gasteiger partial charge in [-0.1, -0.05) is 0 Å². The molecule has 0 amide bonds. The first-order chi connectivity index (χ1) is 6.03. The lowest BCUT2D eigenvalue weighted by Gasteiger charge is -2.00. The number of sulfonamides is 1. The van der Waals surface area contributed by atoms with Crippen LogP contribution in [0.5, 0.6) is 0 Å². The van der Waals surface area contributed by atoms with Crippen molar-refractivity contribution in [3.05, 3.63) is 16.1 Å². The van der Waals surface area contributed by atoms with E-state index in [-0.39, 0.29) is 5.75 Å². The molecular formula is C7H12N2O2S2. The number of rotatable bonds is 4. The second kappa shape index (κ2) is 4.17. The molecule has 0 saturated carbocycles. The molecule has 0 radical (unpaired) electrons. The maximum Gasteiger partial charge on any atom is 0.211 e. The van der Waals surface area contributed by atoms with Gasteiger partial charge in [0.1, 0.15) is 0 Å². The van der Waals surface area contributed by atoms with Crippen molar-refractivity contribution in [3.63, 3.8) is 0 Å². The number of nitrogens with one attached hydrogen (secondary N) is 1. The molecule has 1 aromatic heterocycles. The summed E-state index contributed by atoms with van der Waals surface area (Å²) in [4.78, 5) is 4.97. The third-order valence-corrected chi connectivity index (χ3v) is 3.77. The van der Waals surface area contributed by atoms with Gasteiger partial charge in [0.15, 0.2) is 0 Å². The summed E-state index contributed by atoms with van der Waals surface area (Å²) >= 11 is 1.50. The minimum Gasteiger partial charge on any atom is -0.250 e. The molecule has 1 N–H and O–H groups in total. The van der Waals surface area contributed by atoms with E-state index < -0.39 is 10.0 Å². The topological polar surface area (TPSA) is 59.1 Å². The molecule has 0 aliphatic rings. The smallest absolute Gasteiger partial charge is 0.211 e. The van der Waals surface area contributed by atoms with E-state index in [1.807, 2.05) is 6.92 Å². The third-order valence-electron chi connectivity index (χ3n) is 1.52. The number of hydrogen-bond donors (Lipinski definition) is 1. The lowest BCUT2D eigenvalue weighted by molar-refractivity contribution is 0.583. The summed E-state index contributed by atoms with van der Waals surface area (Å²) in [6, 6.07) is 0. The van der Waals surface area contributed by atoms with Crippen LogP contribution >= 0.6 is 11.3 Å². The summed E-state index contributed by atoms with van der Waals surface area (Å²) < 4.78 is 24.6. The van der Waals surface area contributed by atoms with Crippen LogP contribution in [0.25, 0.3) is 0 Å². The van der Waals surface area contributed by atoms with Crippen LogP contribution in [-0.4, -0.2) is 19.2 Å². The maximum absolute atomic E-state index is 11.1. The van der Waals surface area contributed by atoms with Crippen LogP contribution in [-0.2, 0) is 16.6 Å². The first kappa shape index (κ1) is 10.6. The predicted octanol–water partition coefficient (Wildman–Crippen LogP) is 0.891. The quantitative estimate of drug-likeness (QED) is 0.820. The van der Waals surface area contributed by atoms with Gasteiger partial charge in [0.25, 0.3) is 0 Å². The molecule has 0 atom stereocenters. The molecule has 1 rings (SSSR count). The number of thiazole rings is 1. The van der Waals surface area contributed by atoms with Gasteiger partial charge in [0, 0.05) is 17.6 Å². The standard InChI is InChI=1S/C7H12N2O2S2/c1-3-13(10,11)9-5-7-4-8-6(2)12-7/h4,9H,3,5H2,1-2H3. The minimum absolute atomic E-state index is 0.116. The van der Waals surface area contributed by atoms with E-state index in [9.17, 15) is 8.42 Å². The molecule has 0 unspecified atom stereocenters. The van der Waals surface area contributed by atoms with Crippen molar-refractivity contribution in [1.29, 1.82) is 0 Å². The summed E-state index contributed by atoms with van der Waals surface area (Å²) in [7, 11) is -3.08. The van der Waals surface area contributed by atoms with Crippen LogP contribution in [0.4, 0.5) is 0 Å². The monoisotopic (exact) mass is 220 g/mol. The Kier molecular flexibility index (Phi) is 3.40. The molecule has 0 saturated heterocycles. The van der Waals surface area contributed by atoms with Crippen molar-refractivity contribution < 1.29 is 8.42 Å². The fourth-order valence-electron chi connectivity index (χ4n) is 0.770. The largest absolute Gasteiger partial charge is 0.250 e. The fourth-order valence-corrected chi connectivity index (χ4v) is 2.18. The van der Waals surface area contributed by atoms with Gasteiger partial charge in [-0.25, -0.2) is 18.1 Å². The molecule has 0 aliphatic carbocycles. The molecule has 0 spiro atoms. The summed E-state index contributed by atoms with van der Waals surface area (Å²) in [6.45, 7) is 3.85. The zero-order chi connectivity index (χ0) is 9.90. The molecule has 4 nitrogen and oxygen atoms in total. The average molecular weight is 220 g/mol. The first-order valence-electron chi connectivity index (χ1n) is 3.92. The number of nitrogens with zero attached hydrogens (tertiary/aromatic N) is 1. The fraction of sp³-hybridized carbons (Fsp3) is 0.571. The molecule has 0 aromatic carbocycles. The van der Waals surface area contributed by atoms with Crippen LogP contribution in [0.2, 0.25) is 0 Å². The van der Waals surface area contributed by atoms with Gasteiger partial charge < -0.3 is 0 Å². The van der Waals surface area contributed by atoms with Gasteiger partial charge in [0.05, 0.1) is 10.8 Å². The molecule has 0 aliphatic heterocycles. The van der Waals surface area contributed by atoms with Gasteiger partial charge in [-0.15, -0.1) is 11.3 Å². The van der Waals surface area contributed by atoms with Crippen LogP contribution < -0.4 is 4.72 Å². The average Bonchev–Trinajstić information content (AvgIpc) is 2.48. The highest BCUT2D eigenvalue weighted by atomic mass is 32.2. The second-order valence-electron chi connectivity index (χ2n) is 2.57. The van der Waals surface area contributed by atoms with Gasteiger partial charge in [-0.2, -0.15) is 0 Å². The molecule has 6 heteroatoms. The normalized spacial score (nSPS) is 11.8. The highest BCUT2D eigenvalue weighted by molar-refractivity contribution is 7.89. The van der Waals surface area contributed by atoms with Crippen molar-refractivity contribution in [2.75, 3.05) is 5.75 Å². The Morgan fingerprint density at radius 3 is 2.77 bits per heavy atom. The van der Waals surface area contributed by atoms with Gasteiger partial charge >= 0.3 is 0 Å². The Morgan fingerprint density at radius 2 is 2.31 bits per heavy atom. The van der Waals surface area contributed by atoms with E-state index in [4.69, 9.17) is 0 Å². The van der Waals surface area contributed by atoms with Crippen LogP contribution in [0.15, 0.2) is 6.20 Å². The molecule has 1 aromatic rings. The Morgan fingerprint density at radius 1 is 1.62 bits per heavy atom. The molecule has 1 heterocycles. The number of hydrogen-bond acceptors (Lipinski definition) is 4. The van der Waals surface area contributed by atoms with Crippen molar-refractivity contribution >= 4 is 21.4 Å². The SMILES string of the molecule is CCS(=O)(=O)NCc1cnc(C)s1. The van der Waals surface area contributed by atoms with Crippen molar-refractivity contribution in [1.82, 2.24) is 9.71 Å². The Hall–Kier alpha value is -0.460. The Labute approximate surface area is 82.1 Å². The third kappa shape index (κ3) is 3.41. The number of aryl methyl sites for hydroxylation is 1. The van der Waals surface area contributed by atoms with E-state index in [0.29, 0.717) is 6.54 Å². The van der Waals surface area contributed by atoms with Gasteiger partial charge in [0.2, 0.25) is 10.0 Å². The van der Waals surface area contributed by atoms with Gasteiger partial charge in [-0.05, 0) is 13.8 Å². The number of aromatic nitrogens is 1. The minimum atomic E-state index is -3.08. The van der Waals surface area contributed by atoms with Crippen LogP contribution in [0, 0.1) is 6.92 Å². The summed E-state index contributed by atoms with van der Waals surface area (Å²) in [6.07, 6.45) is 1.69. The van der Waals surface area contributed by atoms with E-state index in [0.717, 1.165) is 9.88 Å². The van der Waals surface area contributed by atoms with Crippen LogP contribution in [0.1, 0.15) is 16.8 Å². The highest BCUT2D eigenvalue weighted by Crippen LogP contribution is 2.10. The lowest BCUT2D eigenvalue weighted by Crippen LogP contribution is -2.24. The molecule has 13 heavy (non-hydrogen) atoms. The lowest BCUT2D eigenvalue weighted by atomic mass is 10.6. The Balaban J connectivity index is 2.53. The molecule has 0 bridgehead atoms. The predicted molar refractivity (Wildman–Crippen MR) is 53.2 cm³/mol.